The summed E-state index contributed by atoms with van der Waals surface area (Å²) >= 11 is 0. The maximum atomic E-state index is 13.6. The first-order chi connectivity index (χ1) is 17.7. The minimum atomic E-state index is -3.67. The van der Waals surface area contributed by atoms with Crippen molar-refractivity contribution in [2.75, 3.05) is 27.8 Å². The molecule has 204 valence electrons. The predicted molar refractivity (Wildman–Crippen MR) is 143 cm³/mol. The van der Waals surface area contributed by atoms with Crippen LogP contribution < -0.4 is 10.1 Å². The van der Waals surface area contributed by atoms with Crippen LogP contribution in [0.4, 0.5) is 4.39 Å². The van der Waals surface area contributed by atoms with Crippen LogP contribution in [0.5, 0.6) is 5.75 Å². The van der Waals surface area contributed by atoms with E-state index in [0.717, 1.165) is 42.6 Å². The number of halogens is 1. The van der Waals surface area contributed by atoms with E-state index in [1.165, 1.54) is 10.4 Å². The number of ether oxygens (including phenoxy) is 2. The summed E-state index contributed by atoms with van der Waals surface area (Å²) < 4.78 is 55.0. The molecule has 0 unspecified atom stereocenters. The Labute approximate surface area is 221 Å². The van der Waals surface area contributed by atoms with Gasteiger partial charge in [0.1, 0.15) is 11.6 Å². The van der Waals surface area contributed by atoms with E-state index in [9.17, 15) is 12.8 Å². The summed E-state index contributed by atoms with van der Waals surface area (Å²) in [6.07, 6.45) is 4.60. The summed E-state index contributed by atoms with van der Waals surface area (Å²) in [4.78, 5) is 0. The van der Waals surface area contributed by atoms with Gasteiger partial charge in [-0.05, 0) is 80.3 Å². The molecule has 2 fully saturated rings. The SMILES string of the molecule is COc1ccc(CN([C@H]2C[C@@H](C)N[C@H]2CO[C@H]2CC[C@@H](c3cccc(F)c3)CC2)S(=O)(=O)N(C)C)cc1. The Kier molecular flexibility index (Phi) is 9.24. The van der Waals surface area contributed by atoms with Crippen LogP contribution in [0.2, 0.25) is 0 Å². The standard InChI is InChI=1S/C28H40FN3O4S/c1-20-16-28(32(37(33,34)31(2)3)18-21-8-12-25(35-4)13-9-21)27(30-20)19-36-26-14-10-22(11-15-26)23-6-5-7-24(29)17-23/h5-9,12-13,17,20,22,26-28,30H,10-11,14-16,18-19H2,1-4H3/t20-,22-,26+,27+,28+/m1/s1. The Morgan fingerprint density at radius 1 is 1.05 bits per heavy atom. The van der Waals surface area contributed by atoms with Gasteiger partial charge in [-0.15, -0.1) is 0 Å². The molecule has 2 aliphatic rings. The van der Waals surface area contributed by atoms with Crippen molar-refractivity contribution in [1.29, 1.82) is 0 Å². The van der Waals surface area contributed by atoms with Crippen molar-refractivity contribution in [2.45, 2.75) is 75.7 Å². The van der Waals surface area contributed by atoms with E-state index in [1.807, 2.05) is 30.3 Å². The van der Waals surface area contributed by atoms with E-state index in [4.69, 9.17) is 9.47 Å². The lowest BCUT2D eigenvalue weighted by Crippen LogP contribution is -2.52. The summed E-state index contributed by atoms with van der Waals surface area (Å²) in [6, 6.07) is 14.3. The fraction of sp³-hybridized carbons (Fsp3) is 0.571. The largest absolute Gasteiger partial charge is 0.497 e. The molecule has 3 atom stereocenters. The van der Waals surface area contributed by atoms with Crippen molar-refractivity contribution in [3.05, 3.63) is 65.5 Å². The lowest BCUT2D eigenvalue weighted by atomic mass is 9.82. The molecular formula is C28H40FN3O4S. The molecule has 4 rings (SSSR count). The van der Waals surface area contributed by atoms with Crippen LogP contribution >= 0.6 is 0 Å². The number of hydrogen-bond acceptors (Lipinski definition) is 5. The van der Waals surface area contributed by atoms with Gasteiger partial charge in [-0.25, -0.2) is 4.39 Å². The molecule has 1 saturated carbocycles. The molecular weight excluding hydrogens is 493 g/mol. The van der Waals surface area contributed by atoms with Crippen molar-refractivity contribution in [2.24, 2.45) is 0 Å². The summed E-state index contributed by atoms with van der Waals surface area (Å²) in [5.74, 6) is 0.911. The third kappa shape index (κ3) is 6.89. The Hall–Kier alpha value is -2.04. The van der Waals surface area contributed by atoms with Crippen molar-refractivity contribution < 1.29 is 22.3 Å². The van der Waals surface area contributed by atoms with Crippen LogP contribution in [-0.2, 0) is 21.5 Å². The van der Waals surface area contributed by atoms with Gasteiger partial charge in [0, 0.05) is 38.8 Å². The molecule has 0 aromatic heterocycles. The lowest BCUT2D eigenvalue weighted by Gasteiger charge is -2.35. The predicted octanol–water partition coefficient (Wildman–Crippen LogP) is 4.30. The number of rotatable bonds is 10. The minimum absolute atomic E-state index is 0.107. The molecule has 1 N–H and O–H groups in total. The van der Waals surface area contributed by atoms with Crippen LogP contribution in [0.3, 0.4) is 0 Å². The first kappa shape index (κ1) is 28.0. The fourth-order valence-electron chi connectivity index (χ4n) is 5.60. The quantitative estimate of drug-likeness (QED) is 0.493. The van der Waals surface area contributed by atoms with Gasteiger partial charge in [-0.3, -0.25) is 0 Å². The molecule has 1 aliphatic heterocycles. The Bertz CT molecular complexity index is 1120. The van der Waals surface area contributed by atoms with Gasteiger partial charge >= 0.3 is 0 Å². The topological polar surface area (TPSA) is 71.1 Å². The highest BCUT2D eigenvalue weighted by molar-refractivity contribution is 7.86. The fourth-order valence-corrected chi connectivity index (χ4v) is 6.91. The van der Waals surface area contributed by atoms with E-state index < -0.39 is 10.2 Å². The molecule has 7 nitrogen and oxygen atoms in total. The third-order valence-electron chi connectivity index (χ3n) is 7.69. The Balaban J connectivity index is 1.41. The molecule has 0 radical (unpaired) electrons. The van der Waals surface area contributed by atoms with Gasteiger partial charge in [0.05, 0.1) is 19.8 Å². The van der Waals surface area contributed by atoms with Crippen LogP contribution in [0.1, 0.15) is 56.1 Å². The molecule has 0 amide bonds. The van der Waals surface area contributed by atoms with Crippen molar-refractivity contribution in [3.8, 4) is 5.75 Å². The molecule has 1 aliphatic carbocycles. The zero-order valence-corrected chi connectivity index (χ0v) is 23.1. The van der Waals surface area contributed by atoms with Gasteiger partial charge in [0.15, 0.2) is 0 Å². The number of hydrogen-bond donors (Lipinski definition) is 1. The third-order valence-corrected chi connectivity index (χ3v) is 9.60. The number of nitrogens with one attached hydrogen (secondary N) is 1. The van der Waals surface area contributed by atoms with Crippen molar-refractivity contribution in [3.63, 3.8) is 0 Å². The van der Waals surface area contributed by atoms with Crippen LogP contribution in [0.25, 0.3) is 0 Å². The first-order valence-electron chi connectivity index (χ1n) is 13.1. The maximum Gasteiger partial charge on any atom is 0.282 e. The smallest absolute Gasteiger partial charge is 0.282 e. The first-order valence-corrected chi connectivity index (χ1v) is 14.5. The summed E-state index contributed by atoms with van der Waals surface area (Å²) in [7, 11) is 1.09. The van der Waals surface area contributed by atoms with E-state index >= 15 is 0 Å². The molecule has 1 saturated heterocycles. The summed E-state index contributed by atoms with van der Waals surface area (Å²) in [6.45, 7) is 2.82. The second-order valence-corrected chi connectivity index (χ2v) is 12.6. The second-order valence-electron chi connectivity index (χ2n) is 10.5. The number of nitrogens with zero attached hydrogens (tertiary/aromatic N) is 2. The van der Waals surface area contributed by atoms with Gasteiger partial charge in [-0.1, -0.05) is 24.3 Å². The second kappa shape index (κ2) is 12.2. The molecule has 0 spiro atoms. The summed E-state index contributed by atoms with van der Waals surface area (Å²) in [5, 5.41) is 3.57. The average Bonchev–Trinajstić information content (AvgIpc) is 3.26. The van der Waals surface area contributed by atoms with Crippen LogP contribution in [-0.4, -0.2) is 69.1 Å². The Morgan fingerprint density at radius 3 is 2.38 bits per heavy atom. The van der Waals surface area contributed by atoms with E-state index in [1.54, 1.807) is 37.6 Å². The van der Waals surface area contributed by atoms with E-state index in [2.05, 4.69) is 12.2 Å². The normalized spacial score (nSPS) is 26.6. The van der Waals surface area contributed by atoms with Gasteiger partial charge in [0.25, 0.3) is 10.2 Å². The van der Waals surface area contributed by atoms with Crippen LogP contribution in [0.15, 0.2) is 48.5 Å². The highest BCUT2D eigenvalue weighted by atomic mass is 32.2. The summed E-state index contributed by atoms with van der Waals surface area (Å²) in [5.41, 5.74) is 1.97. The minimum Gasteiger partial charge on any atom is -0.497 e. The zero-order valence-electron chi connectivity index (χ0n) is 22.3. The lowest BCUT2D eigenvalue weighted by molar-refractivity contribution is 0.00750. The Morgan fingerprint density at radius 2 is 1.76 bits per heavy atom. The van der Waals surface area contributed by atoms with Gasteiger partial charge < -0.3 is 14.8 Å². The van der Waals surface area contributed by atoms with Gasteiger partial charge in [0.2, 0.25) is 0 Å². The average molecular weight is 534 g/mol. The van der Waals surface area contributed by atoms with Crippen molar-refractivity contribution >= 4 is 10.2 Å². The monoisotopic (exact) mass is 533 g/mol. The van der Waals surface area contributed by atoms with Crippen molar-refractivity contribution in [1.82, 2.24) is 13.9 Å². The molecule has 2 aromatic carbocycles. The zero-order chi connectivity index (χ0) is 26.6. The van der Waals surface area contributed by atoms with Crippen LogP contribution in [0, 0.1) is 5.82 Å². The number of methoxy groups -OCH3 is 1. The van der Waals surface area contributed by atoms with Gasteiger partial charge in [-0.2, -0.15) is 17.0 Å². The molecule has 0 bridgehead atoms. The molecule has 2 aromatic rings. The molecule has 37 heavy (non-hydrogen) atoms. The maximum absolute atomic E-state index is 13.6. The van der Waals surface area contributed by atoms with E-state index in [-0.39, 0.29) is 36.6 Å². The highest BCUT2D eigenvalue weighted by Crippen LogP contribution is 2.35. The number of benzene rings is 2. The molecule has 9 heteroatoms. The molecule has 1 heterocycles. The highest BCUT2D eigenvalue weighted by Gasteiger charge is 2.42. The van der Waals surface area contributed by atoms with E-state index in [0.29, 0.717) is 18.9 Å².